The number of rotatable bonds is 4. The highest BCUT2D eigenvalue weighted by atomic mass is 32.2. The van der Waals surface area contributed by atoms with Crippen molar-refractivity contribution in [3.05, 3.63) is 64.6 Å². The van der Waals surface area contributed by atoms with E-state index in [1.54, 1.807) is 12.1 Å². The Labute approximate surface area is 195 Å². The zero-order valence-electron chi connectivity index (χ0n) is 18.2. The number of hydrogen-bond acceptors (Lipinski definition) is 3. The predicted molar refractivity (Wildman–Crippen MR) is 124 cm³/mol. The van der Waals surface area contributed by atoms with Crippen molar-refractivity contribution in [3.8, 4) is 0 Å². The molecule has 2 aromatic rings. The van der Waals surface area contributed by atoms with Gasteiger partial charge >= 0.3 is 6.18 Å². The van der Waals surface area contributed by atoms with Crippen LogP contribution in [0.4, 0.5) is 18.9 Å². The third kappa shape index (κ3) is 5.43. The van der Waals surface area contributed by atoms with Crippen LogP contribution in [0, 0.1) is 5.92 Å². The number of alkyl halides is 3. The number of hydrogen-bond donors (Lipinski definition) is 1. The molecule has 0 unspecified atom stereocenters. The van der Waals surface area contributed by atoms with Gasteiger partial charge in [-0.3, -0.25) is 14.5 Å². The fraction of sp³-hybridized carbons (Fsp3) is 0.360. The number of carbonyl (C=O) groups is 2. The van der Waals surface area contributed by atoms with E-state index in [4.69, 9.17) is 0 Å². The summed E-state index contributed by atoms with van der Waals surface area (Å²) in [5.41, 5.74) is 0.399. The number of anilines is 1. The van der Waals surface area contributed by atoms with Crippen LogP contribution in [0.5, 0.6) is 0 Å². The maximum atomic E-state index is 13.3. The van der Waals surface area contributed by atoms with E-state index in [0.29, 0.717) is 22.1 Å². The first-order chi connectivity index (χ1) is 15.7. The molecule has 33 heavy (non-hydrogen) atoms. The quantitative estimate of drug-likeness (QED) is 0.563. The van der Waals surface area contributed by atoms with Gasteiger partial charge in [0.25, 0.3) is 5.91 Å². The largest absolute Gasteiger partial charge is 0.416 e. The van der Waals surface area contributed by atoms with Gasteiger partial charge in [0.2, 0.25) is 5.91 Å². The van der Waals surface area contributed by atoms with E-state index in [1.807, 2.05) is 18.2 Å². The summed E-state index contributed by atoms with van der Waals surface area (Å²) in [6, 6.07) is 12.1. The van der Waals surface area contributed by atoms with Crippen molar-refractivity contribution < 1.29 is 22.8 Å². The molecule has 4 nitrogen and oxygen atoms in total. The van der Waals surface area contributed by atoms with Gasteiger partial charge in [0.15, 0.2) is 0 Å². The van der Waals surface area contributed by atoms with Gasteiger partial charge in [0, 0.05) is 10.9 Å². The Morgan fingerprint density at radius 2 is 1.82 bits per heavy atom. The summed E-state index contributed by atoms with van der Waals surface area (Å²) in [6.07, 6.45) is 1.41. The Hall–Kier alpha value is -2.74. The number of nitrogens with one attached hydrogen (secondary N) is 1. The molecule has 2 amide bonds. The molecular formula is C25H25F3N2O2S. The number of amides is 2. The molecule has 1 saturated carbocycles. The van der Waals surface area contributed by atoms with Crippen molar-refractivity contribution in [1.82, 2.24) is 5.32 Å². The van der Waals surface area contributed by atoms with Gasteiger partial charge in [0.1, 0.15) is 6.54 Å². The standard InChI is InChI=1S/C25H25F3N2O2S/c1-16-6-2-3-7-19(16)29-23(31)15-30-20-8-4-5-9-21(20)33-22(24(30)32)14-17-10-12-18(13-11-17)25(26,27)28/h4-5,8-14,16,19H,2-3,6-7,15H2,1H3,(H,29,31)/b22-14+/t16-,19-/m0/s1. The van der Waals surface area contributed by atoms with Crippen molar-refractivity contribution in [2.45, 2.75) is 49.7 Å². The molecule has 8 heteroatoms. The zero-order valence-corrected chi connectivity index (χ0v) is 19.0. The molecule has 174 valence electrons. The molecule has 2 atom stereocenters. The fourth-order valence-electron chi connectivity index (χ4n) is 4.27. The second-order valence-electron chi connectivity index (χ2n) is 8.53. The van der Waals surface area contributed by atoms with Crippen LogP contribution in [0.3, 0.4) is 0 Å². The summed E-state index contributed by atoms with van der Waals surface area (Å²) in [4.78, 5) is 28.7. The summed E-state index contributed by atoms with van der Waals surface area (Å²) >= 11 is 1.25. The van der Waals surface area contributed by atoms with Gasteiger partial charge in [-0.05, 0) is 54.7 Å². The summed E-state index contributed by atoms with van der Waals surface area (Å²) in [7, 11) is 0. The van der Waals surface area contributed by atoms with Crippen LogP contribution in [0.2, 0.25) is 0 Å². The van der Waals surface area contributed by atoms with Crippen LogP contribution in [-0.2, 0) is 15.8 Å². The van der Waals surface area contributed by atoms with Crippen LogP contribution in [0.1, 0.15) is 43.7 Å². The molecule has 0 aromatic heterocycles. The number of thioether (sulfide) groups is 1. The highest BCUT2D eigenvalue weighted by Crippen LogP contribution is 2.42. The average molecular weight is 475 g/mol. The second-order valence-corrected chi connectivity index (χ2v) is 9.61. The van der Waals surface area contributed by atoms with Gasteiger partial charge in [0.05, 0.1) is 16.2 Å². The average Bonchev–Trinajstić information content (AvgIpc) is 2.78. The van der Waals surface area contributed by atoms with Crippen LogP contribution < -0.4 is 10.2 Å². The fourth-order valence-corrected chi connectivity index (χ4v) is 5.32. The highest BCUT2D eigenvalue weighted by molar-refractivity contribution is 8.04. The number of carbonyl (C=O) groups excluding carboxylic acids is 2. The number of para-hydroxylation sites is 1. The molecule has 1 fully saturated rings. The van der Waals surface area contributed by atoms with E-state index in [2.05, 4.69) is 12.2 Å². The van der Waals surface area contributed by atoms with Gasteiger partial charge in [-0.15, -0.1) is 0 Å². The lowest BCUT2D eigenvalue weighted by atomic mass is 9.86. The van der Waals surface area contributed by atoms with Gasteiger partial charge < -0.3 is 5.32 Å². The first-order valence-electron chi connectivity index (χ1n) is 11.0. The van der Waals surface area contributed by atoms with Crippen LogP contribution in [-0.4, -0.2) is 24.4 Å². The smallest absolute Gasteiger partial charge is 0.352 e. The first-order valence-corrected chi connectivity index (χ1v) is 11.8. The van der Waals surface area contributed by atoms with Crippen molar-refractivity contribution in [2.24, 2.45) is 5.92 Å². The molecule has 1 N–H and O–H groups in total. The molecule has 0 saturated heterocycles. The minimum atomic E-state index is -4.42. The van der Waals surface area contributed by atoms with Crippen LogP contribution >= 0.6 is 11.8 Å². The molecular weight excluding hydrogens is 449 g/mol. The van der Waals surface area contributed by atoms with E-state index >= 15 is 0 Å². The minimum absolute atomic E-state index is 0.107. The first kappa shape index (κ1) is 23.4. The maximum absolute atomic E-state index is 13.3. The van der Waals surface area contributed by atoms with Crippen molar-refractivity contribution >= 4 is 35.3 Å². The normalized spacial score (nSPS) is 22.2. The van der Waals surface area contributed by atoms with E-state index in [-0.39, 0.29) is 24.4 Å². The lowest BCUT2D eigenvalue weighted by Gasteiger charge is -2.32. The third-order valence-corrected chi connectivity index (χ3v) is 7.20. The number of halogens is 3. The zero-order chi connectivity index (χ0) is 23.6. The van der Waals surface area contributed by atoms with E-state index in [9.17, 15) is 22.8 Å². The number of fused-ring (bicyclic) bond motifs is 1. The Balaban J connectivity index is 1.56. The minimum Gasteiger partial charge on any atom is -0.352 e. The van der Waals surface area contributed by atoms with E-state index < -0.39 is 11.7 Å². The monoisotopic (exact) mass is 474 g/mol. The molecule has 1 heterocycles. The molecule has 2 aliphatic rings. The van der Waals surface area contributed by atoms with Gasteiger partial charge in [-0.1, -0.05) is 55.8 Å². The van der Waals surface area contributed by atoms with Crippen molar-refractivity contribution in [1.29, 1.82) is 0 Å². The molecule has 0 bridgehead atoms. The maximum Gasteiger partial charge on any atom is 0.416 e. The Kier molecular flexibility index (Phi) is 6.83. The van der Waals surface area contributed by atoms with Crippen molar-refractivity contribution in [2.75, 3.05) is 11.4 Å². The SMILES string of the molecule is C[C@H]1CCCC[C@@H]1NC(=O)CN1C(=O)/C(=C\c2ccc(C(F)(F)F)cc2)Sc2ccccc21. The Bertz CT molecular complexity index is 1070. The Morgan fingerprint density at radius 3 is 2.52 bits per heavy atom. The molecule has 4 rings (SSSR count). The summed E-state index contributed by atoms with van der Waals surface area (Å²) < 4.78 is 38.6. The number of nitrogens with zero attached hydrogens (tertiary/aromatic N) is 1. The summed E-state index contributed by atoms with van der Waals surface area (Å²) in [5.74, 6) is -0.152. The van der Waals surface area contributed by atoms with Gasteiger partial charge in [-0.2, -0.15) is 13.2 Å². The van der Waals surface area contributed by atoms with E-state index in [1.165, 1.54) is 35.2 Å². The Morgan fingerprint density at radius 1 is 1.12 bits per heavy atom. The molecule has 2 aromatic carbocycles. The summed E-state index contributed by atoms with van der Waals surface area (Å²) in [6.45, 7) is 2.02. The summed E-state index contributed by atoms with van der Waals surface area (Å²) in [5, 5.41) is 3.09. The second kappa shape index (κ2) is 9.63. The van der Waals surface area contributed by atoms with Crippen LogP contribution in [0.15, 0.2) is 58.3 Å². The van der Waals surface area contributed by atoms with E-state index in [0.717, 1.165) is 36.3 Å². The lowest BCUT2D eigenvalue weighted by Crippen LogP contribution is -2.48. The third-order valence-electron chi connectivity index (χ3n) is 6.13. The predicted octanol–water partition coefficient (Wildman–Crippen LogP) is 5.88. The highest BCUT2D eigenvalue weighted by Gasteiger charge is 2.32. The van der Waals surface area contributed by atoms with Crippen LogP contribution in [0.25, 0.3) is 6.08 Å². The number of benzene rings is 2. The molecule has 1 aliphatic carbocycles. The molecule has 0 spiro atoms. The molecule has 1 aliphatic heterocycles. The van der Waals surface area contributed by atoms with Gasteiger partial charge in [-0.25, -0.2) is 0 Å². The van der Waals surface area contributed by atoms with Crippen molar-refractivity contribution in [3.63, 3.8) is 0 Å². The lowest BCUT2D eigenvalue weighted by molar-refractivity contribution is -0.137. The molecule has 0 radical (unpaired) electrons. The topological polar surface area (TPSA) is 49.4 Å².